The van der Waals surface area contributed by atoms with Crippen LogP contribution in [0.4, 0.5) is 0 Å². The van der Waals surface area contributed by atoms with Crippen LogP contribution < -0.4 is 49.0 Å². The SMILES string of the molecule is C.C.CC(=O)OC(C)=O.CC(=O)Oc1ccc(OC(=O)c2cccc(C(=O)Oc3ccc(C)cc3)c2)cc1.CP1(=O)Oc2ccccc2-c2ccccc21.CP1(=O)Oc2ccccc2-c2ccccc21.O=C(O)c1cccc(C(=O)O)c1.O=P1(c2cc(O)ccc2O)Oc2ccccc2-c2ccccc21. The number of aromatic carboxylic acids is 2. The Bertz CT molecular complexity index is 5040. The van der Waals surface area contributed by atoms with Crippen molar-refractivity contribution in [1.29, 1.82) is 0 Å². The average molecular weight is 1480 g/mol. The third-order valence-corrected chi connectivity index (χ3v) is 21.1. The minimum absolute atomic E-state index is 0. The second kappa shape index (κ2) is 35.5. The number of rotatable bonds is 8. The number of carbonyl (C=O) groups is 7. The Labute approximate surface area is 606 Å². The highest BCUT2D eigenvalue weighted by molar-refractivity contribution is 7.75. The summed E-state index contributed by atoms with van der Waals surface area (Å²) in [5.41, 5.74) is 7.19. The number of esters is 5. The van der Waals surface area contributed by atoms with Gasteiger partial charge in [0.05, 0.1) is 43.5 Å². The third kappa shape index (κ3) is 20.5. The zero-order valence-electron chi connectivity index (χ0n) is 55.9. The normalized spacial score (nSPS) is 15.1. The van der Waals surface area contributed by atoms with E-state index in [1.54, 1.807) is 61.9 Å². The molecule has 0 aromatic heterocycles. The number of phenols is 2. The molecule has 14 rings (SSSR count). The topological polar surface area (TPSA) is 316 Å². The summed E-state index contributed by atoms with van der Waals surface area (Å²) >= 11 is 0. The molecule has 4 N–H and O–H groups in total. The van der Waals surface area contributed by atoms with Crippen molar-refractivity contribution >= 4 is 85.1 Å². The van der Waals surface area contributed by atoms with Crippen LogP contribution in [0.2, 0.25) is 0 Å². The van der Waals surface area contributed by atoms with Gasteiger partial charge in [0.2, 0.25) is 0 Å². The van der Waals surface area contributed by atoms with Gasteiger partial charge in [-0.3, -0.25) is 28.1 Å². The number of benzene rings is 11. The van der Waals surface area contributed by atoms with E-state index in [0.29, 0.717) is 34.1 Å². The third-order valence-electron chi connectivity index (χ3n) is 15.0. The highest BCUT2D eigenvalue weighted by Crippen LogP contribution is 2.56. The van der Waals surface area contributed by atoms with Crippen molar-refractivity contribution in [2.45, 2.75) is 42.5 Å². The van der Waals surface area contributed by atoms with E-state index >= 15 is 0 Å². The second-order valence-corrected chi connectivity index (χ2v) is 29.7. The molecular weight excluding hydrogens is 1400 g/mol. The number of fused-ring (bicyclic) bond motifs is 9. The zero-order valence-corrected chi connectivity index (χ0v) is 58.6. The van der Waals surface area contributed by atoms with Crippen molar-refractivity contribution in [1.82, 2.24) is 0 Å². The molecule has 0 amide bonds. The highest BCUT2D eigenvalue weighted by atomic mass is 31.2. The van der Waals surface area contributed by atoms with Gasteiger partial charge in [0.25, 0.3) is 14.7 Å². The van der Waals surface area contributed by atoms with Gasteiger partial charge in [0, 0.05) is 50.8 Å². The van der Waals surface area contributed by atoms with E-state index in [2.05, 4.69) is 4.74 Å². The van der Waals surface area contributed by atoms with Crippen molar-refractivity contribution in [2.24, 2.45) is 0 Å². The fraction of sp³-hybridized carbons (Fsp3) is 0.0988. The summed E-state index contributed by atoms with van der Waals surface area (Å²) in [5, 5.41) is 39.1. The molecule has 0 spiro atoms. The molecular formula is C81H73O21P3. The predicted octanol–water partition coefficient (Wildman–Crippen LogP) is 16.8. The van der Waals surface area contributed by atoms with E-state index in [-0.39, 0.29) is 59.7 Å². The van der Waals surface area contributed by atoms with Crippen LogP contribution >= 0.6 is 22.1 Å². The Balaban J connectivity index is 0.000000183. The number of aryl methyl sites for hydroxylation is 1. The number of carbonyl (C=O) groups excluding carboxylic acids is 5. The standard InChI is InChI=1S/C23H18O6.C18H13O4P.2C13H11O2P.C8H6O4.C4H6O3.2CH4/c1-15-6-8-20(9-7-15)28-22(25)17-4-3-5-18(14-17)23(26)29-21-12-10-19(11-13-21)27-16(2)24;19-12-9-10-15(20)18(11-12)23(21)17-8-4-2-6-14(17)13-5-1-3-7-16(13)22-23;2*1-16(14)13-9-5-3-7-11(13)10-6-2-4-8-12(10)15-16;9-7(10)5-2-1-3-6(4-5)8(11)12;1-3(5)7-4(2)6;;/h3-14H,1-2H3;1-11,19-20H;2*2-9H,1H3;1-4H,(H,9,10)(H,11,12);1-2H3;2*1H4. The maximum atomic E-state index is 13.7. The molecule has 0 radical (unpaired) electrons. The lowest BCUT2D eigenvalue weighted by atomic mass is 10.0. The molecule has 3 aliphatic rings. The maximum Gasteiger partial charge on any atom is 0.343 e. The molecule has 3 heterocycles. The number of aromatic hydroxyl groups is 2. The van der Waals surface area contributed by atoms with Crippen LogP contribution in [0.25, 0.3) is 33.4 Å². The van der Waals surface area contributed by atoms with Gasteiger partial charge < -0.3 is 52.9 Å². The van der Waals surface area contributed by atoms with Gasteiger partial charge in [0.1, 0.15) is 46.0 Å². The second-order valence-electron chi connectivity index (χ2n) is 22.7. The van der Waals surface area contributed by atoms with Crippen LogP contribution in [-0.4, -0.2) is 75.5 Å². The molecule has 24 heteroatoms. The fourth-order valence-electron chi connectivity index (χ4n) is 10.4. The molecule has 11 aromatic rings. The van der Waals surface area contributed by atoms with Gasteiger partial charge in [-0.1, -0.05) is 154 Å². The number of carboxylic acid groups (broad SMARTS) is 2. The molecule has 0 saturated heterocycles. The number of para-hydroxylation sites is 3. The molecule has 0 fully saturated rings. The first kappa shape index (κ1) is 79.9. The lowest BCUT2D eigenvalue weighted by Crippen LogP contribution is -2.25. The number of hydrogen-bond donors (Lipinski definition) is 4. The first-order valence-electron chi connectivity index (χ1n) is 31.2. The molecule has 11 aromatic carbocycles. The molecule has 21 nitrogen and oxygen atoms in total. The number of hydrogen-bond acceptors (Lipinski definition) is 19. The first-order chi connectivity index (χ1) is 49.1. The van der Waals surface area contributed by atoms with Crippen molar-refractivity contribution in [3.8, 4) is 79.4 Å². The smallest absolute Gasteiger partial charge is 0.343 e. The van der Waals surface area contributed by atoms with E-state index in [9.17, 15) is 57.5 Å². The molecule has 105 heavy (non-hydrogen) atoms. The van der Waals surface area contributed by atoms with Gasteiger partial charge in [-0.2, -0.15) is 0 Å². The fourth-order valence-corrected chi connectivity index (χ4v) is 16.0. The van der Waals surface area contributed by atoms with Gasteiger partial charge >= 0.3 is 49.2 Å². The van der Waals surface area contributed by atoms with E-state index in [4.69, 9.17) is 38.0 Å². The Morgan fingerprint density at radius 2 is 0.676 bits per heavy atom. The summed E-state index contributed by atoms with van der Waals surface area (Å²) in [6.45, 7) is 8.93. The molecule has 3 atom stereocenters. The van der Waals surface area contributed by atoms with E-state index in [1.807, 2.05) is 140 Å². The van der Waals surface area contributed by atoms with Crippen molar-refractivity contribution in [3.63, 3.8) is 0 Å². The van der Waals surface area contributed by atoms with Crippen LogP contribution in [0.3, 0.4) is 0 Å². The summed E-state index contributed by atoms with van der Waals surface area (Å²) in [7, 11) is -8.98. The summed E-state index contributed by atoms with van der Waals surface area (Å²) < 4.78 is 75.1. The molecule has 3 aliphatic heterocycles. The number of ether oxygens (including phenoxy) is 4. The van der Waals surface area contributed by atoms with Gasteiger partial charge in [-0.25, -0.2) is 19.2 Å². The number of carboxylic acids is 2. The van der Waals surface area contributed by atoms with Gasteiger partial charge in [-0.05, 0) is 151 Å². The van der Waals surface area contributed by atoms with E-state index in [0.717, 1.165) is 55.6 Å². The van der Waals surface area contributed by atoms with Crippen LogP contribution in [0.15, 0.2) is 261 Å². The Morgan fingerprint density at radius 3 is 1.07 bits per heavy atom. The summed E-state index contributed by atoms with van der Waals surface area (Å²) in [6.07, 6.45) is 0. The van der Waals surface area contributed by atoms with Crippen LogP contribution in [0, 0.1) is 6.92 Å². The first-order valence-corrected chi connectivity index (χ1v) is 37.0. The van der Waals surface area contributed by atoms with E-state index in [1.165, 1.54) is 93.6 Å². The predicted molar refractivity (Wildman–Crippen MR) is 402 cm³/mol. The van der Waals surface area contributed by atoms with E-state index < -0.39 is 63.9 Å². The maximum absolute atomic E-state index is 13.7. The largest absolute Gasteiger partial charge is 0.508 e. The van der Waals surface area contributed by atoms with Crippen molar-refractivity contribution in [2.75, 3.05) is 13.3 Å². The lowest BCUT2D eigenvalue weighted by Gasteiger charge is -2.29. The monoisotopic (exact) mass is 1470 g/mol. The molecule has 3 unspecified atom stereocenters. The average Bonchev–Trinajstić information content (AvgIpc) is 0.747. The Hall–Kier alpha value is -12.4. The van der Waals surface area contributed by atoms with Crippen LogP contribution in [0.1, 0.15) is 82.6 Å². The van der Waals surface area contributed by atoms with Crippen LogP contribution in [-0.2, 0) is 32.8 Å². The van der Waals surface area contributed by atoms with Crippen LogP contribution in [0.5, 0.6) is 46.0 Å². The lowest BCUT2D eigenvalue weighted by molar-refractivity contribution is -0.156. The molecule has 0 bridgehead atoms. The van der Waals surface area contributed by atoms with Gasteiger partial charge in [-0.15, -0.1) is 0 Å². The van der Waals surface area contributed by atoms with Crippen molar-refractivity contribution in [3.05, 3.63) is 289 Å². The quantitative estimate of drug-likeness (QED) is 0.0361. The summed E-state index contributed by atoms with van der Waals surface area (Å²) in [4.78, 5) is 76.1. The zero-order chi connectivity index (χ0) is 74.2. The van der Waals surface area contributed by atoms with Crippen molar-refractivity contribution < 1.29 is 100 Å². The molecule has 0 saturated carbocycles. The summed E-state index contributed by atoms with van der Waals surface area (Å²) in [6, 6.07) is 73.8. The molecule has 538 valence electrons. The minimum atomic E-state index is -3.56. The Morgan fingerprint density at radius 1 is 0.343 bits per heavy atom. The number of phenolic OH excluding ortho intramolecular Hbond substituents is 2. The van der Waals surface area contributed by atoms with Gasteiger partial charge in [0.15, 0.2) is 0 Å². The summed E-state index contributed by atoms with van der Waals surface area (Å²) in [5.74, 6) is -2.30. The molecule has 0 aliphatic carbocycles. The Kier molecular flexibility index (Phi) is 27.0. The highest BCUT2D eigenvalue weighted by Gasteiger charge is 2.40. The minimum Gasteiger partial charge on any atom is -0.508 e.